The van der Waals surface area contributed by atoms with Gasteiger partial charge >= 0.3 is 5.97 Å². The maximum atomic E-state index is 11.2. The molecule has 1 aliphatic rings. The lowest BCUT2D eigenvalue weighted by molar-refractivity contribution is 0.0535. The Morgan fingerprint density at radius 3 is 3.00 bits per heavy atom. The first-order valence-electron chi connectivity index (χ1n) is 3.84. The molecule has 0 bridgehead atoms. The summed E-state index contributed by atoms with van der Waals surface area (Å²) in [5.41, 5.74) is 2.50. The van der Waals surface area contributed by atoms with Crippen LogP contribution in [-0.4, -0.2) is 5.97 Å². The number of halogens is 1. The fraction of sp³-hybridized carbons (Fsp3) is 0.100. The van der Waals surface area contributed by atoms with E-state index in [2.05, 4.69) is 22.5 Å². The molecule has 1 aliphatic heterocycles. The minimum Gasteiger partial charge on any atom is -0.457 e. The van der Waals surface area contributed by atoms with Gasteiger partial charge in [-0.25, -0.2) is 4.79 Å². The van der Waals surface area contributed by atoms with Gasteiger partial charge in [0.15, 0.2) is 0 Å². The van der Waals surface area contributed by atoms with Crippen LogP contribution in [0.1, 0.15) is 21.5 Å². The standard InChI is InChI=1S/C10H7BrO2/c1-2-6-3-8-7(4-9(6)11)5-13-10(8)12/h2-4H,1,5H2. The maximum absolute atomic E-state index is 11.2. The lowest BCUT2D eigenvalue weighted by atomic mass is 10.1. The molecule has 1 aromatic rings. The second-order valence-electron chi connectivity index (χ2n) is 2.81. The van der Waals surface area contributed by atoms with Gasteiger partial charge in [0.2, 0.25) is 0 Å². The number of cyclic esters (lactones) is 1. The van der Waals surface area contributed by atoms with E-state index in [0.717, 1.165) is 15.6 Å². The number of hydrogen-bond donors (Lipinski definition) is 0. The molecule has 1 aromatic carbocycles. The highest BCUT2D eigenvalue weighted by Crippen LogP contribution is 2.27. The first-order valence-corrected chi connectivity index (χ1v) is 4.63. The topological polar surface area (TPSA) is 26.3 Å². The number of esters is 1. The van der Waals surface area contributed by atoms with Crippen LogP contribution in [0.2, 0.25) is 0 Å². The summed E-state index contributed by atoms with van der Waals surface area (Å²) in [5.74, 6) is -0.245. The molecule has 1 heterocycles. The Kier molecular flexibility index (Phi) is 1.96. The molecule has 0 spiro atoms. The zero-order chi connectivity index (χ0) is 9.42. The van der Waals surface area contributed by atoms with Crippen LogP contribution in [0.15, 0.2) is 23.2 Å². The molecule has 0 aromatic heterocycles. The summed E-state index contributed by atoms with van der Waals surface area (Å²) in [6, 6.07) is 3.69. The van der Waals surface area contributed by atoms with Crippen LogP contribution in [0.5, 0.6) is 0 Å². The molecule has 0 radical (unpaired) electrons. The number of benzene rings is 1. The Labute approximate surface area is 84.3 Å². The SMILES string of the molecule is C=Cc1cc2c(cc1Br)COC2=O. The summed E-state index contributed by atoms with van der Waals surface area (Å²) in [6.07, 6.45) is 1.70. The Bertz CT molecular complexity index is 396. The molecule has 0 unspecified atom stereocenters. The van der Waals surface area contributed by atoms with Gasteiger partial charge in [0.05, 0.1) is 5.56 Å². The summed E-state index contributed by atoms with van der Waals surface area (Å²) >= 11 is 3.39. The molecular formula is C10H7BrO2. The van der Waals surface area contributed by atoms with E-state index in [1.807, 2.05) is 6.07 Å². The van der Waals surface area contributed by atoms with E-state index in [1.165, 1.54) is 0 Å². The van der Waals surface area contributed by atoms with E-state index >= 15 is 0 Å². The zero-order valence-electron chi connectivity index (χ0n) is 6.84. The van der Waals surface area contributed by atoms with E-state index in [1.54, 1.807) is 12.1 Å². The second kappa shape index (κ2) is 3.00. The van der Waals surface area contributed by atoms with Gasteiger partial charge in [-0.2, -0.15) is 0 Å². The first-order chi connectivity index (χ1) is 6.22. The van der Waals surface area contributed by atoms with Gasteiger partial charge in [-0.15, -0.1) is 0 Å². The number of carbonyl (C=O) groups excluding carboxylic acids is 1. The van der Waals surface area contributed by atoms with Crippen LogP contribution in [0.3, 0.4) is 0 Å². The number of fused-ring (bicyclic) bond motifs is 1. The van der Waals surface area contributed by atoms with Crippen molar-refractivity contribution in [2.75, 3.05) is 0 Å². The average molecular weight is 239 g/mol. The molecule has 2 rings (SSSR count). The van der Waals surface area contributed by atoms with E-state index in [-0.39, 0.29) is 5.97 Å². The average Bonchev–Trinajstić information content (AvgIpc) is 2.46. The second-order valence-corrected chi connectivity index (χ2v) is 3.67. The highest BCUT2D eigenvalue weighted by molar-refractivity contribution is 9.10. The number of carbonyl (C=O) groups is 1. The van der Waals surface area contributed by atoms with E-state index in [4.69, 9.17) is 4.74 Å². The molecule has 2 nitrogen and oxygen atoms in total. The predicted octanol–water partition coefficient (Wildman–Crippen LogP) is 2.76. The lowest BCUT2D eigenvalue weighted by Crippen LogP contribution is -1.94. The molecule has 0 amide bonds. The van der Waals surface area contributed by atoms with Gasteiger partial charge in [-0.3, -0.25) is 0 Å². The third-order valence-electron chi connectivity index (χ3n) is 2.02. The summed E-state index contributed by atoms with van der Waals surface area (Å²) < 4.78 is 5.83. The minimum absolute atomic E-state index is 0.245. The summed E-state index contributed by atoms with van der Waals surface area (Å²) in [5, 5.41) is 0. The van der Waals surface area contributed by atoms with Crippen molar-refractivity contribution in [2.24, 2.45) is 0 Å². The molecule has 0 saturated heterocycles. The Morgan fingerprint density at radius 2 is 2.31 bits per heavy atom. The Balaban J connectivity index is 2.63. The Morgan fingerprint density at radius 1 is 1.54 bits per heavy atom. The van der Waals surface area contributed by atoms with Crippen molar-refractivity contribution < 1.29 is 9.53 Å². The van der Waals surface area contributed by atoms with Gasteiger partial charge in [0.25, 0.3) is 0 Å². The van der Waals surface area contributed by atoms with Crippen molar-refractivity contribution in [1.82, 2.24) is 0 Å². The number of ether oxygens (including phenoxy) is 1. The van der Waals surface area contributed by atoms with E-state index in [0.29, 0.717) is 12.2 Å². The van der Waals surface area contributed by atoms with Gasteiger partial charge < -0.3 is 4.74 Å². The molecule has 66 valence electrons. The molecule has 0 N–H and O–H groups in total. The Hall–Kier alpha value is -1.09. The summed E-state index contributed by atoms with van der Waals surface area (Å²) in [6.45, 7) is 4.04. The quantitative estimate of drug-likeness (QED) is 0.704. The molecule has 3 heteroatoms. The van der Waals surface area contributed by atoms with Gasteiger partial charge in [0.1, 0.15) is 6.61 Å². The molecule has 0 fully saturated rings. The van der Waals surface area contributed by atoms with Crippen molar-refractivity contribution in [3.8, 4) is 0 Å². The van der Waals surface area contributed by atoms with Crippen molar-refractivity contribution in [2.45, 2.75) is 6.61 Å². The van der Waals surface area contributed by atoms with Crippen molar-refractivity contribution in [1.29, 1.82) is 0 Å². The van der Waals surface area contributed by atoms with Gasteiger partial charge in [-0.05, 0) is 17.7 Å². The minimum atomic E-state index is -0.245. The third kappa shape index (κ3) is 1.29. The largest absolute Gasteiger partial charge is 0.457 e. The normalized spacial score (nSPS) is 13.8. The van der Waals surface area contributed by atoms with E-state index in [9.17, 15) is 4.79 Å². The molecule has 0 atom stereocenters. The summed E-state index contributed by atoms with van der Waals surface area (Å²) in [4.78, 5) is 11.2. The van der Waals surface area contributed by atoms with Gasteiger partial charge in [-0.1, -0.05) is 28.6 Å². The molecule has 0 saturated carbocycles. The van der Waals surface area contributed by atoms with E-state index < -0.39 is 0 Å². The fourth-order valence-electron chi connectivity index (χ4n) is 1.32. The van der Waals surface area contributed by atoms with Crippen molar-refractivity contribution >= 4 is 28.0 Å². The predicted molar refractivity (Wildman–Crippen MR) is 53.4 cm³/mol. The molecule has 0 aliphatic carbocycles. The van der Waals surface area contributed by atoms with Crippen LogP contribution in [0, 0.1) is 0 Å². The smallest absolute Gasteiger partial charge is 0.338 e. The first kappa shape index (κ1) is 8.51. The van der Waals surface area contributed by atoms with Crippen molar-refractivity contribution in [3.05, 3.63) is 39.9 Å². The fourth-order valence-corrected chi connectivity index (χ4v) is 1.87. The monoisotopic (exact) mass is 238 g/mol. The highest BCUT2D eigenvalue weighted by atomic mass is 79.9. The summed E-state index contributed by atoms with van der Waals surface area (Å²) in [7, 11) is 0. The highest BCUT2D eigenvalue weighted by Gasteiger charge is 2.21. The number of rotatable bonds is 1. The van der Waals surface area contributed by atoms with Crippen LogP contribution >= 0.6 is 15.9 Å². The molecule has 13 heavy (non-hydrogen) atoms. The third-order valence-corrected chi connectivity index (χ3v) is 2.71. The van der Waals surface area contributed by atoms with Gasteiger partial charge in [0, 0.05) is 10.0 Å². The van der Waals surface area contributed by atoms with Crippen LogP contribution in [-0.2, 0) is 11.3 Å². The zero-order valence-corrected chi connectivity index (χ0v) is 8.43. The lowest BCUT2D eigenvalue weighted by Gasteiger charge is -2.00. The van der Waals surface area contributed by atoms with Crippen molar-refractivity contribution in [3.63, 3.8) is 0 Å². The van der Waals surface area contributed by atoms with Crippen LogP contribution in [0.4, 0.5) is 0 Å². The van der Waals surface area contributed by atoms with Crippen LogP contribution < -0.4 is 0 Å². The maximum Gasteiger partial charge on any atom is 0.338 e. The molecular weight excluding hydrogens is 232 g/mol. The number of hydrogen-bond acceptors (Lipinski definition) is 2. The van der Waals surface area contributed by atoms with Crippen LogP contribution in [0.25, 0.3) is 6.08 Å².